The highest BCUT2D eigenvalue weighted by Gasteiger charge is 2.27. The molecule has 0 bridgehead atoms. The SMILES string of the molecule is CC(C)Oc1ccc(CNC(=O)CN2C(=O)COc3ccc(Cl)cc32)cc1. The third-order valence-corrected chi connectivity index (χ3v) is 4.19. The maximum atomic E-state index is 12.3. The van der Waals surface area contributed by atoms with Gasteiger partial charge in [-0.3, -0.25) is 14.5 Å². The number of halogens is 1. The number of hydrogen-bond donors (Lipinski definition) is 1. The van der Waals surface area contributed by atoms with Gasteiger partial charge in [-0.25, -0.2) is 0 Å². The minimum Gasteiger partial charge on any atom is -0.491 e. The standard InChI is InChI=1S/C20H21ClN2O4/c1-13(2)27-16-6-3-14(4-7-16)10-22-19(24)11-23-17-9-15(21)5-8-18(17)26-12-20(23)25/h3-9,13H,10-12H2,1-2H3,(H,22,24). The van der Waals surface area contributed by atoms with Crippen LogP contribution in [0.3, 0.4) is 0 Å². The molecular formula is C20H21ClN2O4. The maximum Gasteiger partial charge on any atom is 0.265 e. The summed E-state index contributed by atoms with van der Waals surface area (Å²) in [4.78, 5) is 25.9. The second-order valence-electron chi connectivity index (χ2n) is 6.47. The number of benzene rings is 2. The second kappa shape index (κ2) is 8.31. The number of anilines is 1. The first kappa shape index (κ1) is 19.0. The summed E-state index contributed by atoms with van der Waals surface area (Å²) in [5.41, 5.74) is 1.44. The van der Waals surface area contributed by atoms with E-state index in [1.54, 1.807) is 18.2 Å². The molecule has 2 aromatic rings. The van der Waals surface area contributed by atoms with E-state index in [9.17, 15) is 9.59 Å². The van der Waals surface area contributed by atoms with Crippen LogP contribution in [0.1, 0.15) is 19.4 Å². The highest BCUT2D eigenvalue weighted by atomic mass is 35.5. The van der Waals surface area contributed by atoms with Gasteiger partial charge in [-0.1, -0.05) is 23.7 Å². The number of nitrogens with one attached hydrogen (secondary N) is 1. The van der Waals surface area contributed by atoms with Crippen LogP contribution < -0.4 is 19.7 Å². The van der Waals surface area contributed by atoms with E-state index in [1.165, 1.54) is 4.90 Å². The molecule has 1 heterocycles. The van der Waals surface area contributed by atoms with Gasteiger partial charge in [0, 0.05) is 11.6 Å². The van der Waals surface area contributed by atoms with Crippen molar-refractivity contribution in [1.82, 2.24) is 5.32 Å². The second-order valence-corrected chi connectivity index (χ2v) is 6.90. The molecular weight excluding hydrogens is 368 g/mol. The number of rotatable bonds is 6. The molecule has 1 aliphatic heterocycles. The summed E-state index contributed by atoms with van der Waals surface area (Å²) in [6.45, 7) is 4.10. The zero-order valence-corrected chi connectivity index (χ0v) is 16.0. The summed E-state index contributed by atoms with van der Waals surface area (Å²) < 4.78 is 11.0. The molecule has 3 rings (SSSR count). The average Bonchev–Trinajstić information content (AvgIpc) is 2.63. The van der Waals surface area contributed by atoms with Crippen molar-refractivity contribution in [2.75, 3.05) is 18.1 Å². The quantitative estimate of drug-likeness (QED) is 0.825. The van der Waals surface area contributed by atoms with Gasteiger partial charge in [-0.15, -0.1) is 0 Å². The van der Waals surface area contributed by atoms with Crippen molar-refractivity contribution in [3.8, 4) is 11.5 Å². The Hall–Kier alpha value is -2.73. The van der Waals surface area contributed by atoms with Crippen LogP contribution in [0.4, 0.5) is 5.69 Å². The van der Waals surface area contributed by atoms with Crippen LogP contribution in [-0.2, 0) is 16.1 Å². The molecule has 1 N–H and O–H groups in total. The topological polar surface area (TPSA) is 67.9 Å². The molecule has 7 heteroatoms. The lowest BCUT2D eigenvalue weighted by Gasteiger charge is -2.29. The Morgan fingerprint density at radius 1 is 1.26 bits per heavy atom. The van der Waals surface area contributed by atoms with Gasteiger partial charge >= 0.3 is 0 Å². The monoisotopic (exact) mass is 388 g/mol. The summed E-state index contributed by atoms with van der Waals surface area (Å²) in [6.07, 6.45) is 0.109. The molecule has 0 spiro atoms. The highest BCUT2D eigenvalue weighted by Crippen LogP contribution is 2.34. The van der Waals surface area contributed by atoms with Gasteiger partial charge in [0.05, 0.1) is 11.8 Å². The van der Waals surface area contributed by atoms with Crippen molar-refractivity contribution < 1.29 is 19.1 Å². The molecule has 0 atom stereocenters. The van der Waals surface area contributed by atoms with Crippen LogP contribution in [0.25, 0.3) is 0 Å². The average molecular weight is 389 g/mol. The fraction of sp³-hybridized carbons (Fsp3) is 0.300. The van der Waals surface area contributed by atoms with E-state index in [1.807, 2.05) is 38.1 Å². The Morgan fingerprint density at radius 2 is 2.00 bits per heavy atom. The summed E-state index contributed by atoms with van der Waals surface area (Å²) in [6, 6.07) is 12.5. The Morgan fingerprint density at radius 3 is 2.70 bits per heavy atom. The molecule has 142 valence electrons. The third-order valence-electron chi connectivity index (χ3n) is 3.95. The third kappa shape index (κ3) is 4.92. The maximum absolute atomic E-state index is 12.3. The lowest BCUT2D eigenvalue weighted by molar-refractivity contribution is -0.125. The first-order valence-electron chi connectivity index (χ1n) is 8.67. The number of nitrogens with zero attached hydrogens (tertiary/aromatic N) is 1. The Labute approximate surface area is 163 Å². The van der Waals surface area contributed by atoms with E-state index in [0.29, 0.717) is 23.0 Å². The van der Waals surface area contributed by atoms with Gasteiger partial charge in [0.1, 0.15) is 18.0 Å². The van der Waals surface area contributed by atoms with Crippen LogP contribution in [-0.4, -0.2) is 31.1 Å². The van der Waals surface area contributed by atoms with Gasteiger partial charge in [-0.2, -0.15) is 0 Å². The zero-order valence-electron chi connectivity index (χ0n) is 15.2. The predicted molar refractivity (Wildman–Crippen MR) is 103 cm³/mol. The smallest absolute Gasteiger partial charge is 0.265 e. The summed E-state index contributed by atoms with van der Waals surface area (Å²) in [7, 11) is 0. The normalized spacial score (nSPS) is 13.2. The van der Waals surface area contributed by atoms with Gasteiger partial charge < -0.3 is 14.8 Å². The Balaban J connectivity index is 1.60. The summed E-state index contributed by atoms with van der Waals surface area (Å²) >= 11 is 6.01. The van der Waals surface area contributed by atoms with Gasteiger partial charge in [0.15, 0.2) is 6.61 Å². The largest absolute Gasteiger partial charge is 0.491 e. The first-order chi connectivity index (χ1) is 12.9. The van der Waals surface area contributed by atoms with Crippen LogP contribution in [0, 0.1) is 0 Å². The number of fused-ring (bicyclic) bond motifs is 1. The Bertz CT molecular complexity index is 836. The fourth-order valence-corrected chi connectivity index (χ4v) is 2.87. The van der Waals surface area contributed by atoms with Gasteiger partial charge in [0.2, 0.25) is 5.91 Å². The molecule has 0 fully saturated rings. The number of carbonyl (C=O) groups is 2. The fourth-order valence-electron chi connectivity index (χ4n) is 2.71. The van der Waals surface area contributed by atoms with Crippen molar-refractivity contribution in [1.29, 1.82) is 0 Å². The molecule has 2 aromatic carbocycles. The van der Waals surface area contributed by atoms with E-state index < -0.39 is 0 Å². The van der Waals surface area contributed by atoms with Crippen LogP contribution in [0.2, 0.25) is 5.02 Å². The number of amides is 2. The number of ether oxygens (including phenoxy) is 2. The predicted octanol–water partition coefficient (Wildman–Crippen LogP) is 3.17. The Kier molecular flexibility index (Phi) is 5.86. The lowest BCUT2D eigenvalue weighted by Crippen LogP contribution is -2.45. The minimum absolute atomic E-state index is 0.0932. The molecule has 0 unspecified atom stereocenters. The number of hydrogen-bond acceptors (Lipinski definition) is 4. The molecule has 0 aliphatic carbocycles. The molecule has 0 radical (unpaired) electrons. The van der Waals surface area contributed by atoms with Crippen molar-refractivity contribution in [2.24, 2.45) is 0 Å². The van der Waals surface area contributed by atoms with Crippen molar-refractivity contribution in [2.45, 2.75) is 26.5 Å². The van der Waals surface area contributed by atoms with Crippen LogP contribution >= 0.6 is 11.6 Å². The van der Waals surface area contributed by atoms with E-state index in [2.05, 4.69) is 5.32 Å². The summed E-state index contributed by atoms with van der Waals surface area (Å²) in [5, 5.41) is 3.30. The van der Waals surface area contributed by atoms with Crippen molar-refractivity contribution in [3.63, 3.8) is 0 Å². The van der Waals surface area contributed by atoms with Crippen molar-refractivity contribution >= 4 is 29.1 Å². The van der Waals surface area contributed by atoms with E-state index in [-0.39, 0.29) is 31.1 Å². The number of carbonyl (C=O) groups excluding carboxylic acids is 2. The van der Waals surface area contributed by atoms with E-state index >= 15 is 0 Å². The molecule has 2 amide bonds. The first-order valence-corrected chi connectivity index (χ1v) is 9.05. The van der Waals surface area contributed by atoms with Crippen LogP contribution in [0.5, 0.6) is 11.5 Å². The minimum atomic E-state index is -0.282. The van der Waals surface area contributed by atoms with Crippen molar-refractivity contribution in [3.05, 3.63) is 53.1 Å². The zero-order chi connectivity index (χ0) is 19.4. The van der Waals surface area contributed by atoms with E-state index in [4.69, 9.17) is 21.1 Å². The molecule has 0 aromatic heterocycles. The lowest BCUT2D eigenvalue weighted by atomic mass is 10.2. The molecule has 6 nitrogen and oxygen atoms in total. The summed E-state index contributed by atoms with van der Waals surface area (Å²) in [5.74, 6) is 0.772. The highest BCUT2D eigenvalue weighted by molar-refractivity contribution is 6.31. The van der Waals surface area contributed by atoms with E-state index in [0.717, 1.165) is 11.3 Å². The molecule has 0 saturated heterocycles. The van der Waals surface area contributed by atoms with Gasteiger partial charge in [-0.05, 0) is 49.7 Å². The molecule has 0 saturated carbocycles. The molecule has 1 aliphatic rings. The molecule has 27 heavy (non-hydrogen) atoms. The van der Waals surface area contributed by atoms with Gasteiger partial charge in [0.25, 0.3) is 5.91 Å². The van der Waals surface area contributed by atoms with Crippen LogP contribution in [0.15, 0.2) is 42.5 Å².